The molecule has 0 aliphatic rings. The fraction of sp³-hybridized carbons (Fsp3) is 0. The van der Waals surface area contributed by atoms with E-state index in [9.17, 15) is 0 Å². The van der Waals surface area contributed by atoms with Crippen LogP contribution < -0.4 is 0 Å². The summed E-state index contributed by atoms with van der Waals surface area (Å²) < 4.78 is 0. The number of nitrogens with zero attached hydrogens (tertiary/aromatic N) is 3. The Balaban J connectivity index is 1.27. The molecule has 4 heteroatoms. The second-order valence-corrected chi connectivity index (χ2v) is 12.2. The number of aromatic amines is 1. The van der Waals surface area contributed by atoms with Gasteiger partial charge in [-0.3, -0.25) is 0 Å². The first-order valence-electron chi connectivity index (χ1n) is 16.4. The largest absolute Gasteiger partial charge is 0.354 e. The summed E-state index contributed by atoms with van der Waals surface area (Å²) in [4.78, 5) is 19.2. The molecule has 230 valence electrons. The summed E-state index contributed by atoms with van der Waals surface area (Å²) in [6, 6.07) is 61.2. The first-order chi connectivity index (χ1) is 24.3. The summed E-state index contributed by atoms with van der Waals surface area (Å²) in [5, 5.41) is 2.24. The zero-order valence-electron chi connectivity index (χ0n) is 26.6. The molecule has 1 N–H and O–H groups in total. The summed E-state index contributed by atoms with van der Waals surface area (Å²) in [5.41, 5.74) is 11.7. The molecule has 49 heavy (non-hydrogen) atoms. The quantitative estimate of drug-likeness (QED) is 0.200. The molecule has 0 spiro atoms. The standard InChI is InChI=1S/C45H30N4/c1-4-13-30(14-5-1)33-23-25-34(26-24-33)43-47-44(49-45(48-43)39-20-12-22-41-42(39)38-19-10-11-21-40(38)46-41)37-28-35(31-15-6-2-7-16-31)27-36(29-37)32-17-8-3-9-18-32/h1-29,46H. The van der Waals surface area contributed by atoms with Gasteiger partial charge < -0.3 is 4.98 Å². The molecule has 0 bridgehead atoms. The van der Waals surface area contributed by atoms with E-state index in [-0.39, 0.29) is 0 Å². The van der Waals surface area contributed by atoms with E-state index in [0.29, 0.717) is 17.5 Å². The predicted octanol–water partition coefficient (Wildman–Crippen LogP) is 11.5. The van der Waals surface area contributed by atoms with Gasteiger partial charge in [-0.25, -0.2) is 15.0 Å². The summed E-state index contributed by atoms with van der Waals surface area (Å²) in [7, 11) is 0. The number of aromatic nitrogens is 4. The van der Waals surface area contributed by atoms with Gasteiger partial charge in [0.15, 0.2) is 17.5 Å². The summed E-state index contributed by atoms with van der Waals surface area (Å²) >= 11 is 0. The number of nitrogens with one attached hydrogen (secondary N) is 1. The molecular formula is C45H30N4. The number of hydrogen-bond acceptors (Lipinski definition) is 3. The fourth-order valence-electron chi connectivity index (χ4n) is 6.64. The van der Waals surface area contributed by atoms with E-state index >= 15 is 0 Å². The third kappa shape index (κ3) is 5.45. The van der Waals surface area contributed by atoms with Gasteiger partial charge in [-0.1, -0.05) is 146 Å². The van der Waals surface area contributed by atoms with E-state index in [1.807, 2.05) is 18.2 Å². The Morgan fingerprint density at radius 2 is 0.755 bits per heavy atom. The third-order valence-corrected chi connectivity index (χ3v) is 9.06. The van der Waals surface area contributed by atoms with Gasteiger partial charge in [-0.05, 0) is 63.7 Å². The molecule has 0 amide bonds. The summed E-state index contributed by atoms with van der Waals surface area (Å²) in [6.45, 7) is 0. The molecule has 0 saturated heterocycles. The zero-order valence-corrected chi connectivity index (χ0v) is 26.6. The highest BCUT2D eigenvalue weighted by Gasteiger charge is 2.18. The minimum absolute atomic E-state index is 0.624. The molecular weight excluding hydrogens is 597 g/mol. The second-order valence-electron chi connectivity index (χ2n) is 12.2. The van der Waals surface area contributed by atoms with Crippen molar-refractivity contribution < 1.29 is 0 Å². The average molecular weight is 627 g/mol. The lowest BCUT2D eigenvalue weighted by molar-refractivity contribution is 1.08. The third-order valence-electron chi connectivity index (χ3n) is 9.06. The topological polar surface area (TPSA) is 54.5 Å². The molecule has 9 aromatic rings. The Labute approximate surface area is 284 Å². The van der Waals surface area contributed by atoms with Crippen LogP contribution in [0.4, 0.5) is 0 Å². The van der Waals surface area contributed by atoms with Gasteiger partial charge in [0.1, 0.15) is 0 Å². The minimum atomic E-state index is 0.624. The lowest BCUT2D eigenvalue weighted by Crippen LogP contribution is -2.01. The molecule has 4 nitrogen and oxygen atoms in total. The Hall–Kier alpha value is -6.65. The van der Waals surface area contributed by atoms with E-state index in [2.05, 4.69) is 163 Å². The molecule has 2 aromatic heterocycles. The van der Waals surface area contributed by atoms with E-state index in [1.165, 1.54) is 5.56 Å². The highest BCUT2D eigenvalue weighted by molar-refractivity contribution is 6.13. The Bertz CT molecular complexity index is 2520. The van der Waals surface area contributed by atoms with E-state index in [1.54, 1.807) is 0 Å². The van der Waals surface area contributed by atoms with Crippen LogP contribution in [-0.2, 0) is 0 Å². The van der Waals surface area contributed by atoms with Crippen LogP contribution in [0, 0.1) is 0 Å². The molecule has 0 saturated carbocycles. The Morgan fingerprint density at radius 1 is 0.306 bits per heavy atom. The van der Waals surface area contributed by atoms with Crippen molar-refractivity contribution >= 4 is 21.8 Å². The molecule has 7 aromatic carbocycles. The van der Waals surface area contributed by atoms with Crippen LogP contribution in [0.1, 0.15) is 0 Å². The number of H-pyrrole nitrogens is 1. The van der Waals surface area contributed by atoms with Gasteiger partial charge >= 0.3 is 0 Å². The summed E-state index contributed by atoms with van der Waals surface area (Å²) in [6.07, 6.45) is 0. The maximum absolute atomic E-state index is 5.23. The molecule has 0 aliphatic heterocycles. The number of benzene rings is 7. The predicted molar refractivity (Wildman–Crippen MR) is 202 cm³/mol. The zero-order chi connectivity index (χ0) is 32.6. The Kier molecular flexibility index (Phi) is 7.10. The van der Waals surface area contributed by atoms with Crippen molar-refractivity contribution in [3.63, 3.8) is 0 Å². The van der Waals surface area contributed by atoms with Gasteiger partial charge in [0, 0.05) is 38.5 Å². The highest BCUT2D eigenvalue weighted by Crippen LogP contribution is 2.37. The molecule has 9 rings (SSSR count). The summed E-state index contributed by atoms with van der Waals surface area (Å²) in [5.74, 6) is 1.88. The monoisotopic (exact) mass is 626 g/mol. The molecule has 2 heterocycles. The number of rotatable bonds is 6. The number of hydrogen-bond donors (Lipinski definition) is 1. The van der Waals surface area contributed by atoms with Gasteiger partial charge in [-0.2, -0.15) is 0 Å². The van der Waals surface area contributed by atoms with Crippen LogP contribution in [0.15, 0.2) is 176 Å². The number of para-hydroxylation sites is 1. The number of fused-ring (bicyclic) bond motifs is 3. The fourth-order valence-corrected chi connectivity index (χ4v) is 6.64. The maximum Gasteiger partial charge on any atom is 0.164 e. The van der Waals surface area contributed by atoms with Crippen molar-refractivity contribution in [3.8, 4) is 67.5 Å². The minimum Gasteiger partial charge on any atom is -0.354 e. The van der Waals surface area contributed by atoms with Crippen molar-refractivity contribution in [2.24, 2.45) is 0 Å². The van der Waals surface area contributed by atoms with Crippen LogP contribution in [0.5, 0.6) is 0 Å². The van der Waals surface area contributed by atoms with Crippen molar-refractivity contribution in [1.82, 2.24) is 19.9 Å². The lowest BCUT2D eigenvalue weighted by Gasteiger charge is -2.13. The first kappa shape index (κ1) is 28.6. The van der Waals surface area contributed by atoms with Crippen molar-refractivity contribution in [2.45, 2.75) is 0 Å². The van der Waals surface area contributed by atoms with Gasteiger partial charge in [0.25, 0.3) is 0 Å². The van der Waals surface area contributed by atoms with Crippen LogP contribution in [0.3, 0.4) is 0 Å². The highest BCUT2D eigenvalue weighted by atomic mass is 15.0. The SMILES string of the molecule is c1ccc(-c2ccc(-c3nc(-c4cc(-c5ccccc5)cc(-c5ccccc5)c4)nc(-c4cccc5[nH]c6ccccc6c45)n3)cc2)cc1. The van der Waals surface area contributed by atoms with Gasteiger partial charge in [0.05, 0.1) is 0 Å². The van der Waals surface area contributed by atoms with E-state index < -0.39 is 0 Å². The van der Waals surface area contributed by atoms with Crippen LogP contribution in [0.2, 0.25) is 0 Å². The lowest BCUT2D eigenvalue weighted by atomic mass is 9.96. The second kappa shape index (κ2) is 12.2. The molecule has 0 unspecified atom stereocenters. The smallest absolute Gasteiger partial charge is 0.164 e. The first-order valence-corrected chi connectivity index (χ1v) is 16.4. The van der Waals surface area contributed by atoms with Crippen LogP contribution in [-0.4, -0.2) is 19.9 Å². The van der Waals surface area contributed by atoms with Gasteiger partial charge in [-0.15, -0.1) is 0 Å². The normalized spacial score (nSPS) is 11.3. The van der Waals surface area contributed by atoms with Crippen LogP contribution in [0.25, 0.3) is 89.4 Å². The Morgan fingerprint density at radius 3 is 1.39 bits per heavy atom. The van der Waals surface area contributed by atoms with Gasteiger partial charge in [0.2, 0.25) is 0 Å². The van der Waals surface area contributed by atoms with E-state index in [4.69, 9.17) is 15.0 Å². The van der Waals surface area contributed by atoms with E-state index in [0.717, 1.165) is 66.3 Å². The average Bonchev–Trinajstić information content (AvgIpc) is 3.58. The van der Waals surface area contributed by atoms with Crippen molar-refractivity contribution in [2.75, 3.05) is 0 Å². The molecule has 0 fully saturated rings. The van der Waals surface area contributed by atoms with Crippen LogP contribution >= 0.6 is 0 Å². The molecule has 0 aliphatic carbocycles. The molecule has 0 radical (unpaired) electrons. The van der Waals surface area contributed by atoms with Crippen molar-refractivity contribution in [1.29, 1.82) is 0 Å². The maximum atomic E-state index is 5.23. The van der Waals surface area contributed by atoms with Crippen molar-refractivity contribution in [3.05, 3.63) is 176 Å². The molecule has 0 atom stereocenters.